The maximum Gasteiger partial charge on any atom is 0.184 e. The van der Waals surface area contributed by atoms with Gasteiger partial charge in [-0.15, -0.1) is 0 Å². The summed E-state index contributed by atoms with van der Waals surface area (Å²) in [4.78, 5) is 4.57. The lowest BCUT2D eigenvalue weighted by atomic mass is 10.1. The smallest absolute Gasteiger partial charge is 0.184 e. The molecule has 2 rings (SSSR count). The van der Waals surface area contributed by atoms with Gasteiger partial charge in [-0.2, -0.15) is 0 Å². The van der Waals surface area contributed by atoms with Gasteiger partial charge in [0.15, 0.2) is 6.29 Å². The molecule has 0 spiro atoms. The van der Waals surface area contributed by atoms with E-state index in [-0.39, 0.29) is 6.61 Å². The van der Waals surface area contributed by atoms with Gasteiger partial charge < -0.3 is 19.4 Å². The highest BCUT2D eigenvalue weighted by Gasteiger charge is 2.30. The van der Waals surface area contributed by atoms with Crippen molar-refractivity contribution < 1.29 is 19.4 Å². The van der Waals surface area contributed by atoms with Crippen LogP contribution in [0, 0.1) is 0 Å². The molecular weight excluding hydrogens is 222 g/mol. The van der Waals surface area contributed by atoms with Crippen LogP contribution in [0.1, 0.15) is 11.9 Å². The summed E-state index contributed by atoms with van der Waals surface area (Å²) in [5.74, 6) is 0. The largest absolute Gasteiger partial charge is 0.399 e. The summed E-state index contributed by atoms with van der Waals surface area (Å²) in [6.07, 6.45) is -0.293. The molecule has 17 heavy (non-hydrogen) atoms. The first kappa shape index (κ1) is 12.0. The van der Waals surface area contributed by atoms with E-state index < -0.39 is 18.5 Å². The van der Waals surface area contributed by atoms with Gasteiger partial charge in [-0.1, -0.05) is 35.5 Å². The highest BCUT2D eigenvalue weighted by atomic mass is 16.7. The second-order valence-corrected chi connectivity index (χ2v) is 3.68. The normalized spacial score (nSPS) is 29.4. The molecule has 1 aliphatic heterocycles. The highest BCUT2D eigenvalue weighted by molar-refractivity contribution is 5.63. The monoisotopic (exact) mass is 237 g/mol. The van der Waals surface area contributed by atoms with Crippen LogP contribution in [0.2, 0.25) is 0 Å². The van der Waals surface area contributed by atoms with E-state index in [0.717, 1.165) is 5.56 Å². The zero-order valence-corrected chi connectivity index (χ0v) is 9.52. The number of ether oxygens (including phenoxy) is 2. The van der Waals surface area contributed by atoms with E-state index in [0.29, 0.717) is 0 Å². The third kappa shape index (κ3) is 3.03. The van der Waals surface area contributed by atoms with Crippen LogP contribution in [-0.2, 0) is 14.3 Å². The van der Waals surface area contributed by atoms with Crippen molar-refractivity contribution in [3.05, 3.63) is 35.9 Å². The van der Waals surface area contributed by atoms with Crippen LogP contribution >= 0.6 is 0 Å². The van der Waals surface area contributed by atoms with Gasteiger partial charge in [-0.25, -0.2) is 0 Å². The maximum absolute atomic E-state index is 9.66. The van der Waals surface area contributed by atoms with Gasteiger partial charge in [-0.05, 0) is 0 Å². The molecule has 0 aliphatic carbocycles. The van der Waals surface area contributed by atoms with Gasteiger partial charge in [0.2, 0.25) is 0 Å². The van der Waals surface area contributed by atoms with Crippen LogP contribution in [0.25, 0.3) is 0 Å². The SMILES string of the molecule is CO/N=C\[C@@H]1O[C@H](c2ccccc2)OC[C@H]1O. The molecule has 1 aromatic carbocycles. The second-order valence-electron chi connectivity index (χ2n) is 3.68. The van der Waals surface area contributed by atoms with Crippen molar-refractivity contribution in [1.29, 1.82) is 0 Å². The molecule has 1 aliphatic rings. The van der Waals surface area contributed by atoms with E-state index >= 15 is 0 Å². The summed E-state index contributed by atoms with van der Waals surface area (Å²) in [5, 5.41) is 13.3. The molecule has 0 saturated carbocycles. The Bertz CT molecular complexity index is 368. The van der Waals surface area contributed by atoms with Crippen molar-refractivity contribution in [2.45, 2.75) is 18.5 Å². The van der Waals surface area contributed by atoms with Crippen molar-refractivity contribution in [1.82, 2.24) is 0 Å². The average Bonchev–Trinajstić information content (AvgIpc) is 2.39. The molecule has 92 valence electrons. The summed E-state index contributed by atoms with van der Waals surface area (Å²) >= 11 is 0. The summed E-state index contributed by atoms with van der Waals surface area (Å²) in [5.41, 5.74) is 0.912. The van der Waals surface area contributed by atoms with Gasteiger partial charge in [0.05, 0.1) is 12.8 Å². The van der Waals surface area contributed by atoms with Crippen LogP contribution in [-0.4, -0.2) is 37.2 Å². The van der Waals surface area contributed by atoms with Gasteiger partial charge >= 0.3 is 0 Å². The molecule has 0 radical (unpaired) electrons. The number of hydrogen-bond donors (Lipinski definition) is 1. The minimum Gasteiger partial charge on any atom is -0.399 e. The quantitative estimate of drug-likeness (QED) is 0.631. The van der Waals surface area contributed by atoms with Gasteiger partial charge in [0.1, 0.15) is 19.3 Å². The number of aliphatic hydroxyl groups excluding tert-OH is 1. The first-order valence-corrected chi connectivity index (χ1v) is 5.38. The number of hydrogen-bond acceptors (Lipinski definition) is 5. The average molecular weight is 237 g/mol. The predicted octanol–water partition coefficient (Wildman–Crippen LogP) is 1.09. The molecular formula is C12H15NO4. The standard InChI is InChI=1S/C12H15NO4/c1-15-13-7-11-10(14)8-16-12(17-11)9-5-3-2-4-6-9/h2-7,10-12,14H,8H2,1H3/b13-7-/t10-,11+,12-/m1/s1. The second kappa shape index (κ2) is 5.77. The lowest BCUT2D eigenvalue weighted by Crippen LogP contribution is -2.41. The molecule has 1 saturated heterocycles. The van der Waals surface area contributed by atoms with E-state index in [2.05, 4.69) is 9.99 Å². The Morgan fingerprint density at radius 3 is 2.88 bits per heavy atom. The summed E-state index contributed by atoms with van der Waals surface area (Å²) < 4.78 is 11.0. The van der Waals surface area contributed by atoms with Gasteiger partial charge in [-0.3, -0.25) is 0 Å². The van der Waals surface area contributed by atoms with Crippen LogP contribution < -0.4 is 0 Å². The zero-order chi connectivity index (χ0) is 12.1. The lowest BCUT2D eigenvalue weighted by Gasteiger charge is -2.31. The van der Waals surface area contributed by atoms with Crippen molar-refractivity contribution in [3.63, 3.8) is 0 Å². The number of benzene rings is 1. The lowest BCUT2D eigenvalue weighted by molar-refractivity contribution is -0.237. The van der Waals surface area contributed by atoms with Crippen molar-refractivity contribution in [3.8, 4) is 0 Å². The molecule has 0 bridgehead atoms. The van der Waals surface area contributed by atoms with E-state index in [4.69, 9.17) is 9.47 Å². The van der Waals surface area contributed by atoms with E-state index in [1.54, 1.807) is 0 Å². The van der Waals surface area contributed by atoms with Gasteiger partial charge in [0.25, 0.3) is 0 Å². The van der Waals surface area contributed by atoms with E-state index in [1.807, 2.05) is 30.3 Å². The van der Waals surface area contributed by atoms with Crippen LogP contribution in [0.3, 0.4) is 0 Å². The third-order valence-corrected chi connectivity index (χ3v) is 2.46. The maximum atomic E-state index is 9.66. The Hall–Kier alpha value is -1.43. The fraction of sp³-hybridized carbons (Fsp3) is 0.417. The Morgan fingerprint density at radius 2 is 2.18 bits per heavy atom. The minimum absolute atomic E-state index is 0.208. The van der Waals surface area contributed by atoms with Crippen molar-refractivity contribution >= 4 is 6.21 Å². The topological polar surface area (TPSA) is 60.3 Å². The molecule has 5 nitrogen and oxygen atoms in total. The first-order valence-electron chi connectivity index (χ1n) is 5.38. The Balaban J connectivity index is 2.05. The first-order chi connectivity index (χ1) is 8.31. The molecule has 1 heterocycles. The van der Waals surface area contributed by atoms with Crippen molar-refractivity contribution in [2.24, 2.45) is 5.16 Å². The Kier molecular flexibility index (Phi) is 4.08. The van der Waals surface area contributed by atoms with Crippen molar-refractivity contribution in [2.75, 3.05) is 13.7 Å². The molecule has 5 heteroatoms. The molecule has 1 fully saturated rings. The van der Waals surface area contributed by atoms with Crippen LogP contribution in [0.15, 0.2) is 35.5 Å². The molecule has 0 amide bonds. The molecule has 3 atom stereocenters. The fourth-order valence-electron chi connectivity index (χ4n) is 1.59. The Morgan fingerprint density at radius 1 is 1.41 bits per heavy atom. The summed E-state index contributed by atoms with van der Waals surface area (Å²) in [6, 6.07) is 9.56. The summed E-state index contributed by atoms with van der Waals surface area (Å²) in [6.45, 7) is 0.208. The van der Waals surface area contributed by atoms with Crippen LogP contribution in [0.4, 0.5) is 0 Å². The molecule has 1 N–H and O–H groups in total. The number of nitrogens with zero attached hydrogens (tertiary/aromatic N) is 1. The third-order valence-electron chi connectivity index (χ3n) is 2.46. The highest BCUT2D eigenvalue weighted by Crippen LogP contribution is 2.25. The minimum atomic E-state index is -0.728. The number of oxime groups is 1. The van der Waals surface area contributed by atoms with Crippen LogP contribution in [0.5, 0.6) is 0 Å². The summed E-state index contributed by atoms with van der Waals surface area (Å²) in [7, 11) is 1.44. The fourth-order valence-corrected chi connectivity index (χ4v) is 1.59. The molecule has 0 aromatic heterocycles. The predicted molar refractivity (Wildman–Crippen MR) is 61.5 cm³/mol. The molecule has 1 aromatic rings. The van der Waals surface area contributed by atoms with Gasteiger partial charge in [0, 0.05) is 5.56 Å². The number of rotatable bonds is 3. The zero-order valence-electron chi connectivity index (χ0n) is 9.52. The van der Waals surface area contributed by atoms with E-state index in [9.17, 15) is 5.11 Å². The van der Waals surface area contributed by atoms with E-state index in [1.165, 1.54) is 13.3 Å². The number of aliphatic hydroxyl groups is 1. The molecule has 0 unspecified atom stereocenters. The Labute approximate surface area is 99.6 Å².